The van der Waals surface area contributed by atoms with Crippen molar-refractivity contribution in [3.63, 3.8) is 0 Å². The van der Waals surface area contributed by atoms with E-state index in [9.17, 15) is 9.59 Å². The molecule has 3 aliphatic heterocycles. The summed E-state index contributed by atoms with van der Waals surface area (Å²) in [7, 11) is 0. The van der Waals surface area contributed by atoms with Crippen molar-refractivity contribution in [2.45, 2.75) is 63.7 Å². The highest BCUT2D eigenvalue weighted by molar-refractivity contribution is 5.83. The molecule has 0 atom stereocenters. The predicted molar refractivity (Wildman–Crippen MR) is 146 cm³/mol. The first kappa shape index (κ1) is 26.6. The summed E-state index contributed by atoms with van der Waals surface area (Å²) >= 11 is 0. The van der Waals surface area contributed by atoms with Gasteiger partial charge in [-0.25, -0.2) is 9.97 Å². The molecule has 1 aromatic heterocycles. The van der Waals surface area contributed by atoms with E-state index in [0.717, 1.165) is 95.4 Å². The Bertz CT molecular complexity index is 1060. The number of benzene rings is 1. The summed E-state index contributed by atoms with van der Waals surface area (Å²) in [5.41, 5.74) is 2.01. The number of carbonyl (C=O) groups excluding carboxylic acids is 2. The predicted octanol–water partition coefficient (Wildman–Crippen LogP) is 3.58. The van der Waals surface area contributed by atoms with E-state index in [1.807, 2.05) is 23.1 Å². The number of ether oxygens (including phenoxy) is 1. The number of carbonyl (C=O) groups is 2. The quantitative estimate of drug-likeness (QED) is 0.667. The van der Waals surface area contributed by atoms with Crippen molar-refractivity contribution in [1.29, 1.82) is 0 Å². The van der Waals surface area contributed by atoms with Crippen LogP contribution in [0, 0.1) is 5.41 Å². The molecule has 0 saturated carbocycles. The monoisotopic (exact) mass is 519 g/mol. The first-order chi connectivity index (χ1) is 18.6. The first-order valence-electron chi connectivity index (χ1n) is 14.4. The molecule has 1 N–H and O–H groups in total. The molecule has 1 aromatic carbocycles. The molecular weight excluding hydrogens is 478 g/mol. The second-order valence-electron chi connectivity index (χ2n) is 11.1. The molecular formula is C30H41N5O3. The van der Waals surface area contributed by atoms with Crippen LogP contribution in [-0.2, 0) is 16.0 Å². The Hall–Kier alpha value is -3.00. The third-order valence-electron chi connectivity index (χ3n) is 8.71. The number of piperidine rings is 2. The van der Waals surface area contributed by atoms with Gasteiger partial charge in [-0.15, -0.1) is 0 Å². The van der Waals surface area contributed by atoms with Crippen LogP contribution in [-0.4, -0.2) is 77.5 Å². The van der Waals surface area contributed by atoms with E-state index in [4.69, 9.17) is 4.74 Å². The van der Waals surface area contributed by atoms with E-state index in [1.165, 1.54) is 5.56 Å². The second-order valence-corrected chi connectivity index (χ2v) is 11.1. The zero-order chi connectivity index (χ0) is 26.2. The maximum absolute atomic E-state index is 13.4. The summed E-state index contributed by atoms with van der Waals surface area (Å²) in [6.07, 6.45) is 11.7. The molecule has 2 aromatic rings. The molecule has 38 heavy (non-hydrogen) atoms. The van der Waals surface area contributed by atoms with Crippen molar-refractivity contribution in [3.8, 4) is 5.75 Å². The Kier molecular flexibility index (Phi) is 8.89. The van der Waals surface area contributed by atoms with Crippen LogP contribution in [0.2, 0.25) is 0 Å². The van der Waals surface area contributed by atoms with Crippen LogP contribution < -0.4 is 10.1 Å². The second kappa shape index (κ2) is 12.7. The summed E-state index contributed by atoms with van der Waals surface area (Å²) < 4.78 is 6.00. The van der Waals surface area contributed by atoms with E-state index >= 15 is 0 Å². The number of hydrogen-bond donors (Lipinski definition) is 1. The van der Waals surface area contributed by atoms with Gasteiger partial charge in [0.2, 0.25) is 11.8 Å². The number of likely N-dealkylation sites (tertiary alicyclic amines) is 2. The van der Waals surface area contributed by atoms with Gasteiger partial charge in [-0.2, -0.15) is 0 Å². The number of fused-ring (bicyclic) bond motifs is 1. The molecule has 204 valence electrons. The van der Waals surface area contributed by atoms with Crippen LogP contribution in [0.4, 0.5) is 0 Å². The largest absolute Gasteiger partial charge is 0.493 e. The van der Waals surface area contributed by atoms with Gasteiger partial charge in [0, 0.05) is 37.4 Å². The molecule has 0 bridgehead atoms. The van der Waals surface area contributed by atoms with E-state index in [2.05, 4.69) is 32.3 Å². The van der Waals surface area contributed by atoms with Gasteiger partial charge in [-0.05, 0) is 82.2 Å². The minimum absolute atomic E-state index is 0.187. The molecule has 0 aliphatic carbocycles. The van der Waals surface area contributed by atoms with Crippen molar-refractivity contribution < 1.29 is 14.3 Å². The fraction of sp³-hybridized carbons (Fsp3) is 0.600. The van der Waals surface area contributed by atoms with Crippen molar-refractivity contribution in [3.05, 3.63) is 54.1 Å². The molecule has 1 spiro atoms. The van der Waals surface area contributed by atoms with E-state index < -0.39 is 0 Å². The number of amides is 2. The van der Waals surface area contributed by atoms with Gasteiger partial charge < -0.3 is 15.0 Å². The van der Waals surface area contributed by atoms with Gasteiger partial charge in [0.15, 0.2) is 0 Å². The van der Waals surface area contributed by atoms with Crippen LogP contribution in [0.1, 0.15) is 68.5 Å². The minimum Gasteiger partial charge on any atom is -0.493 e. The fourth-order valence-electron chi connectivity index (χ4n) is 6.26. The summed E-state index contributed by atoms with van der Waals surface area (Å²) in [6, 6.07) is 10.3. The minimum atomic E-state index is -0.330. The summed E-state index contributed by atoms with van der Waals surface area (Å²) in [6.45, 7) is 4.84. The highest BCUT2D eigenvalue weighted by atomic mass is 16.5. The average molecular weight is 520 g/mol. The molecule has 8 heteroatoms. The number of para-hydroxylation sites is 1. The average Bonchev–Trinajstić information content (AvgIpc) is 2.98. The Morgan fingerprint density at radius 1 is 1.03 bits per heavy atom. The van der Waals surface area contributed by atoms with Gasteiger partial charge in [-0.1, -0.05) is 24.6 Å². The lowest BCUT2D eigenvalue weighted by atomic mass is 9.73. The normalized spacial score (nSPS) is 21.8. The van der Waals surface area contributed by atoms with Crippen LogP contribution in [0.5, 0.6) is 5.75 Å². The van der Waals surface area contributed by atoms with Crippen molar-refractivity contribution in [2.75, 3.05) is 45.9 Å². The lowest BCUT2D eigenvalue weighted by Gasteiger charge is -2.41. The SMILES string of the molecule is O=C(CN1CCC2(CCCCc3ccccc3OCCCNC2=O)CC1)N1CCC(c2ccncn2)CC1. The topological polar surface area (TPSA) is 87.7 Å². The van der Waals surface area contributed by atoms with Crippen LogP contribution >= 0.6 is 0 Å². The molecule has 8 nitrogen and oxygen atoms in total. The maximum atomic E-state index is 13.4. The summed E-state index contributed by atoms with van der Waals surface area (Å²) in [5, 5.41) is 3.21. The lowest BCUT2D eigenvalue weighted by molar-refractivity contribution is -0.137. The van der Waals surface area contributed by atoms with E-state index in [-0.39, 0.29) is 17.2 Å². The zero-order valence-corrected chi connectivity index (χ0v) is 22.4. The summed E-state index contributed by atoms with van der Waals surface area (Å²) in [5.74, 6) is 1.78. The molecule has 2 fully saturated rings. The highest BCUT2D eigenvalue weighted by Crippen LogP contribution is 2.38. The van der Waals surface area contributed by atoms with Crippen LogP contribution in [0.3, 0.4) is 0 Å². The molecule has 5 rings (SSSR count). The van der Waals surface area contributed by atoms with E-state index in [0.29, 0.717) is 25.6 Å². The standard InChI is InChI=1S/C30H41N5O3/c36-28(35-17-10-24(11-18-35)26-9-16-31-23-33-26)22-34-19-13-30(14-20-34)12-4-3-7-25-6-1-2-8-27(25)38-21-5-15-32-29(30)37/h1-2,6,8-9,16,23-24H,3-5,7,10-15,17-22H2,(H,32,37). The maximum Gasteiger partial charge on any atom is 0.236 e. The third kappa shape index (κ3) is 6.52. The Morgan fingerprint density at radius 2 is 1.84 bits per heavy atom. The molecule has 0 unspecified atom stereocenters. The van der Waals surface area contributed by atoms with Crippen LogP contribution in [0.25, 0.3) is 0 Å². The number of hydrogen-bond acceptors (Lipinski definition) is 6. The first-order valence-corrected chi connectivity index (χ1v) is 14.4. The van der Waals surface area contributed by atoms with Gasteiger partial charge in [0.05, 0.1) is 18.6 Å². The van der Waals surface area contributed by atoms with Gasteiger partial charge in [-0.3, -0.25) is 14.5 Å². The highest BCUT2D eigenvalue weighted by Gasteiger charge is 2.41. The lowest BCUT2D eigenvalue weighted by Crippen LogP contribution is -2.51. The smallest absolute Gasteiger partial charge is 0.236 e. The molecule has 2 saturated heterocycles. The number of nitrogens with zero attached hydrogens (tertiary/aromatic N) is 4. The van der Waals surface area contributed by atoms with Crippen LogP contribution in [0.15, 0.2) is 42.9 Å². The summed E-state index contributed by atoms with van der Waals surface area (Å²) in [4.78, 5) is 39.1. The van der Waals surface area contributed by atoms with Gasteiger partial charge >= 0.3 is 0 Å². The number of aryl methyl sites for hydroxylation is 1. The molecule has 0 radical (unpaired) electrons. The molecule has 2 amide bonds. The van der Waals surface area contributed by atoms with Crippen molar-refractivity contribution in [1.82, 2.24) is 25.1 Å². The molecule has 4 heterocycles. The fourth-order valence-corrected chi connectivity index (χ4v) is 6.26. The Labute approximate surface area is 226 Å². The number of nitrogens with one attached hydrogen (secondary N) is 1. The Morgan fingerprint density at radius 3 is 2.63 bits per heavy atom. The van der Waals surface area contributed by atoms with Gasteiger partial charge in [0.25, 0.3) is 0 Å². The van der Waals surface area contributed by atoms with Crippen molar-refractivity contribution in [2.24, 2.45) is 5.41 Å². The number of aromatic nitrogens is 2. The molecule has 3 aliphatic rings. The van der Waals surface area contributed by atoms with Gasteiger partial charge in [0.1, 0.15) is 12.1 Å². The number of rotatable bonds is 3. The third-order valence-corrected chi connectivity index (χ3v) is 8.71. The van der Waals surface area contributed by atoms with Crippen molar-refractivity contribution >= 4 is 11.8 Å². The zero-order valence-electron chi connectivity index (χ0n) is 22.4. The Balaban J connectivity index is 1.12. The van der Waals surface area contributed by atoms with E-state index in [1.54, 1.807) is 12.5 Å².